The predicted molar refractivity (Wildman–Crippen MR) is 78.5 cm³/mol. The van der Waals surface area contributed by atoms with Gasteiger partial charge in [0, 0.05) is 44.6 Å². The molecule has 0 aromatic carbocycles. The Morgan fingerprint density at radius 1 is 1.15 bits per heavy atom. The lowest BCUT2D eigenvalue weighted by Gasteiger charge is -2.32. The van der Waals surface area contributed by atoms with Gasteiger partial charge in [-0.2, -0.15) is 0 Å². The molecule has 0 radical (unpaired) electrons. The zero-order valence-corrected chi connectivity index (χ0v) is 11.7. The van der Waals surface area contributed by atoms with Crippen molar-refractivity contribution in [2.75, 3.05) is 39.0 Å². The Morgan fingerprint density at radius 3 is 2.55 bits per heavy atom. The molecule has 1 aliphatic rings. The summed E-state index contributed by atoms with van der Waals surface area (Å²) in [5.74, 6) is 0.674. The summed E-state index contributed by atoms with van der Waals surface area (Å²) >= 11 is 0. The molecule has 0 amide bonds. The molecular formula is C14H20N6. The Morgan fingerprint density at radius 2 is 1.85 bits per heavy atom. The van der Waals surface area contributed by atoms with Gasteiger partial charge in [0.25, 0.3) is 0 Å². The fraction of sp³-hybridized carbons (Fsp3) is 0.429. The number of likely N-dealkylation sites (N-methyl/N-ethyl adjacent to an activating group) is 1. The molecule has 3 rings (SSSR count). The molecule has 2 aromatic heterocycles. The van der Waals surface area contributed by atoms with Crippen molar-refractivity contribution in [3.05, 3.63) is 36.4 Å². The van der Waals surface area contributed by atoms with Crippen LogP contribution in [0.15, 0.2) is 30.7 Å². The maximum atomic E-state index is 5.63. The molecule has 0 atom stereocenters. The second kappa shape index (κ2) is 5.60. The normalized spacial score (nSPS) is 17.4. The SMILES string of the molecule is CN1CCN(Cc2cccn2-c2ncc(N)cn2)CC1. The Bertz CT molecular complexity index is 553. The number of nitrogen functional groups attached to an aromatic ring is 1. The minimum absolute atomic E-state index is 0.585. The van der Waals surface area contributed by atoms with Crippen LogP contribution >= 0.6 is 0 Å². The monoisotopic (exact) mass is 272 g/mol. The minimum atomic E-state index is 0.585. The maximum absolute atomic E-state index is 5.63. The zero-order valence-electron chi connectivity index (χ0n) is 11.7. The van der Waals surface area contributed by atoms with Crippen molar-refractivity contribution in [2.45, 2.75) is 6.54 Å². The van der Waals surface area contributed by atoms with E-state index < -0.39 is 0 Å². The third kappa shape index (κ3) is 2.81. The second-order valence-electron chi connectivity index (χ2n) is 5.27. The molecule has 6 nitrogen and oxygen atoms in total. The molecule has 20 heavy (non-hydrogen) atoms. The fourth-order valence-electron chi connectivity index (χ4n) is 2.43. The van der Waals surface area contributed by atoms with Gasteiger partial charge in [0.15, 0.2) is 0 Å². The Kier molecular flexibility index (Phi) is 3.66. The Labute approximate surface area is 118 Å². The summed E-state index contributed by atoms with van der Waals surface area (Å²) in [7, 11) is 2.17. The fourth-order valence-corrected chi connectivity index (χ4v) is 2.43. The van der Waals surface area contributed by atoms with Gasteiger partial charge >= 0.3 is 0 Å². The van der Waals surface area contributed by atoms with E-state index >= 15 is 0 Å². The van der Waals surface area contributed by atoms with E-state index in [-0.39, 0.29) is 0 Å². The number of nitrogens with two attached hydrogens (primary N) is 1. The van der Waals surface area contributed by atoms with Crippen LogP contribution in [0.25, 0.3) is 5.95 Å². The lowest BCUT2D eigenvalue weighted by Crippen LogP contribution is -2.44. The zero-order chi connectivity index (χ0) is 13.9. The van der Waals surface area contributed by atoms with Crippen molar-refractivity contribution >= 4 is 5.69 Å². The molecule has 0 spiro atoms. The third-order valence-electron chi connectivity index (χ3n) is 3.69. The van der Waals surface area contributed by atoms with Gasteiger partial charge in [-0.05, 0) is 19.2 Å². The Hall–Kier alpha value is -1.92. The van der Waals surface area contributed by atoms with Crippen LogP contribution in [0.4, 0.5) is 5.69 Å². The van der Waals surface area contributed by atoms with Gasteiger partial charge < -0.3 is 10.6 Å². The summed E-state index contributed by atoms with van der Waals surface area (Å²) < 4.78 is 2.03. The number of piperazine rings is 1. The molecule has 1 fully saturated rings. The summed E-state index contributed by atoms with van der Waals surface area (Å²) in [5, 5.41) is 0. The molecule has 0 aliphatic carbocycles. The van der Waals surface area contributed by atoms with Gasteiger partial charge in [0.1, 0.15) is 0 Å². The molecule has 0 unspecified atom stereocenters. The van der Waals surface area contributed by atoms with Gasteiger partial charge in [-0.25, -0.2) is 9.97 Å². The van der Waals surface area contributed by atoms with Gasteiger partial charge in [-0.15, -0.1) is 0 Å². The molecule has 1 aliphatic heterocycles. The number of hydrogen-bond acceptors (Lipinski definition) is 5. The van der Waals surface area contributed by atoms with Crippen LogP contribution in [0.1, 0.15) is 5.69 Å². The summed E-state index contributed by atoms with van der Waals surface area (Å²) in [6.45, 7) is 5.38. The topological polar surface area (TPSA) is 63.2 Å². The highest BCUT2D eigenvalue weighted by Crippen LogP contribution is 2.13. The Balaban J connectivity index is 1.75. The van der Waals surface area contributed by atoms with E-state index in [1.54, 1.807) is 12.4 Å². The summed E-state index contributed by atoms with van der Waals surface area (Å²) in [6, 6.07) is 4.16. The first-order valence-corrected chi connectivity index (χ1v) is 6.87. The quantitative estimate of drug-likeness (QED) is 0.886. The smallest absolute Gasteiger partial charge is 0.233 e. The number of nitrogens with zero attached hydrogens (tertiary/aromatic N) is 5. The van der Waals surface area contributed by atoms with E-state index in [0.717, 1.165) is 32.7 Å². The highest BCUT2D eigenvalue weighted by molar-refractivity contribution is 5.33. The van der Waals surface area contributed by atoms with E-state index in [0.29, 0.717) is 11.6 Å². The molecule has 1 saturated heterocycles. The van der Waals surface area contributed by atoms with Crippen LogP contribution in [-0.4, -0.2) is 57.6 Å². The first kappa shape index (κ1) is 13.1. The van der Waals surface area contributed by atoms with Crippen LogP contribution in [0, 0.1) is 0 Å². The maximum Gasteiger partial charge on any atom is 0.233 e. The standard InChI is InChI=1S/C14H20N6/c1-18-5-7-19(8-6-18)11-13-3-2-4-20(13)14-16-9-12(15)10-17-14/h2-4,9-10H,5-8,11,15H2,1H3. The minimum Gasteiger partial charge on any atom is -0.396 e. The molecule has 2 N–H and O–H groups in total. The van der Waals surface area contributed by atoms with Crippen molar-refractivity contribution in [1.82, 2.24) is 24.3 Å². The average molecular weight is 272 g/mol. The van der Waals surface area contributed by atoms with Gasteiger partial charge in [0.2, 0.25) is 5.95 Å². The number of hydrogen-bond donors (Lipinski definition) is 1. The number of rotatable bonds is 3. The molecule has 0 bridgehead atoms. The van der Waals surface area contributed by atoms with E-state index in [1.165, 1.54) is 5.69 Å². The lowest BCUT2D eigenvalue weighted by molar-refractivity contribution is 0.146. The third-order valence-corrected chi connectivity index (χ3v) is 3.69. The first-order chi connectivity index (χ1) is 9.72. The molecule has 2 aromatic rings. The van der Waals surface area contributed by atoms with Crippen LogP contribution in [0.3, 0.4) is 0 Å². The number of aromatic nitrogens is 3. The van der Waals surface area contributed by atoms with Crippen LogP contribution in [0.5, 0.6) is 0 Å². The second-order valence-corrected chi connectivity index (χ2v) is 5.27. The highest BCUT2D eigenvalue weighted by Gasteiger charge is 2.16. The number of anilines is 1. The van der Waals surface area contributed by atoms with E-state index in [2.05, 4.69) is 32.9 Å². The van der Waals surface area contributed by atoms with Gasteiger partial charge in [-0.1, -0.05) is 0 Å². The van der Waals surface area contributed by atoms with Crippen LogP contribution in [0.2, 0.25) is 0 Å². The van der Waals surface area contributed by atoms with Gasteiger partial charge in [0.05, 0.1) is 18.1 Å². The lowest BCUT2D eigenvalue weighted by atomic mass is 10.3. The van der Waals surface area contributed by atoms with Crippen LogP contribution in [-0.2, 0) is 6.54 Å². The van der Waals surface area contributed by atoms with Crippen molar-refractivity contribution < 1.29 is 0 Å². The summed E-state index contributed by atoms with van der Waals surface area (Å²) in [5.41, 5.74) is 7.43. The van der Waals surface area contributed by atoms with Crippen molar-refractivity contribution in [3.8, 4) is 5.95 Å². The van der Waals surface area contributed by atoms with Crippen molar-refractivity contribution in [1.29, 1.82) is 0 Å². The highest BCUT2D eigenvalue weighted by atomic mass is 15.3. The first-order valence-electron chi connectivity index (χ1n) is 6.87. The average Bonchev–Trinajstić information content (AvgIpc) is 2.90. The van der Waals surface area contributed by atoms with E-state index in [4.69, 9.17) is 5.73 Å². The molecule has 106 valence electrons. The van der Waals surface area contributed by atoms with Crippen molar-refractivity contribution in [3.63, 3.8) is 0 Å². The largest absolute Gasteiger partial charge is 0.396 e. The molecular weight excluding hydrogens is 252 g/mol. The predicted octanol–water partition coefficient (Wildman–Crippen LogP) is 0.597. The molecule has 3 heterocycles. The van der Waals surface area contributed by atoms with Gasteiger partial charge in [-0.3, -0.25) is 9.47 Å². The molecule has 0 saturated carbocycles. The summed E-state index contributed by atoms with van der Waals surface area (Å²) in [6.07, 6.45) is 5.28. The van der Waals surface area contributed by atoms with E-state index in [9.17, 15) is 0 Å². The van der Waals surface area contributed by atoms with E-state index in [1.807, 2.05) is 16.8 Å². The molecule has 6 heteroatoms. The summed E-state index contributed by atoms with van der Waals surface area (Å²) in [4.78, 5) is 13.4. The van der Waals surface area contributed by atoms with Crippen LogP contribution < -0.4 is 5.73 Å². The van der Waals surface area contributed by atoms with Crippen molar-refractivity contribution in [2.24, 2.45) is 0 Å².